The fourth-order valence-corrected chi connectivity index (χ4v) is 2.91. The second kappa shape index (κ2) is 10.1. The second-order valence-electron chi connectivity index (χ2n) is 4.48. The number of rotatable bonds is 9. The Morgan fingerprint density at radius 2 is 2.05 bits per heavy atom. The highest BCUT2D eigenvalue weighted by atomic mass is 35.5. The van der Waals surface area contributed by atoms with Crippen LogP contribution < -0.4 is 0 Å². The fourth-order valence-electron chi connectivity index (χ4n) is 1.90. The van der Waals surface area contributed by atoms with E-state index in [2.05, 4.69) is 0 Å². The maximum Gasteiger partial charge on any atom is 0.251 e. The highest BCUT2D eigenvalue weighted by Gasteiger charge is 2.21. The van der Waals surface area contributed by atoms with Crippen LogP contribution >= 0.6 is 23.4 Å². The van der Waals surface area contributed by atoms with Gasteiger partial charge in [-0.25, -0.2) is 0 Å². The number of nitrogens with zero attached hydrogens (tertiary/aromatic N) is 1. The normalized spacial score (nSPS) is 12.2. The standard InChI is InChI=1S/C15H22ClNO3S/c1-3-14(20-2)15(19)17(8-10-18)9-11-21-13-6-4-12(16)5-7-13/h4-7,14,18H,3,8-11H2,1-2H3. The molecule has 1 aromatic rings. The van der Waals surface area contributed by atoms with Crippen LogP contribution in [0.4, 0.5) is 0 Å². The van der Waals surface area contributed by atoms with E-state index in [9.17, 15) is 4.79 Å². The zero-order valence-electron chi connectivity index (χ0n) is 12.4. The van der Waals surface area contributed by atoms with E-state index in [1.165, 1.54) is 7.11 Å². The number of hydrogen-bond acceptors (Lipinski definition) is 4. The van der Waals surface area contributed by atoms with Crippen LogP contribution in [0.15, 0.2) is 29.2 Å². The number of aliphatic hydroxyl groups is 1. The average molecular weight is 332 g/mol. The van der Waals surface area contributed by atoms with Crippen molar-refractivity contribution in [2.45, 2.75) is 24.3 Å². The second-order valence-corrected chi connectivity index (χ2v) is 6.09. The predicted octanol–water partition coefficient (Wildman–Crippen LogP) is 2.68. The van der Waals surface area contributed by atoms with E-state index in [1.54, 1.807) is 16.7 Å². The molecule has 1 aromatic carbocycles. The highest BCUT2D eigenvalue weighted by molar-refractivity contribution is 7.99. The van der Waals surface area contributed by atoms with Gasteiger partial charge in [0.05, 0.1) is 6.61 Å². The molecule has 0 aliphatic heterocycles. The van der Waals surface area contributed by atoms with Gasteiger partial charge in [-0.2, -0.15) is 0 Å². The van der Waals surface area contributed by atoms with Gasteiger partial charge in [0, 0.05) is 35.9 Å². The van der Waals surface area contributed by atoms with E-state index in [0.29, 0.717) is 24.5 Å². The van der Waals surface area contributed by atoms with Crippen molar-refractivity contribution in [3.05, 3.63) is 29.3 Å². The molecule has 0 aliphatic rings. The van der Waals surface area contributed by atoms with E-state index in [4.69, 9.17) is 21.4 Å². The summed E-state index contributed by atoms with van der Waals surface area (Å²) in [6.45, 7) is 2.77. The molecule has 1 unspecified atom stereocenters. The molecule has 0 aliphatic carbocycles. The molecule has 1 rings (SSSR count). The predicted molar refractivity (Wildman–Crippen MR) is 86.9 cm³/mol. The molecule has 0 saturated carbocycles. The Morgan fingerprint density at radius 3 is 2.57 bits per heavy atom. The Bertz CT molecular complexity index is 423. The van der Waals surface area contributed by atoms with E-state index >= 15 is 0 Å². The van der Waals surface area contributed by atoms with Gasteiger partial charge >= 0.3 is 0 Å². The van der Waals surface area contributed by atoms with E-state index < -0.39 is 6.10 Å². The van der Waals surface area contributed by atoms with Crippen LogP contribution in [-0.4, -0.2) is 54.6 Å². The number of amides is 1. The molecular formula is C15H22ClNO3S. The van der Waals surface area contributed by atoms with Gasteiger partial charge in [-0.3, -0.25) is 4.79 Å². The van der Waals surface area contributed by atoms with Crippen molar-refractivity contribution in [2.75, 3.05) is 32.6 Å². The number of methoxy groups -OCH3 is 1. The SMILES string of the molecule is CCC(OC)C(=O)N(CCO)CCSc1ccc(Cl)cc1. The third-order valence-corrected chi connectivity index (χ3v) is 4.30. The Labute approximate surface area is 135 Å². The first kappa shape index (κ1) is 18.3. The molecular weight excluding hydrogens is 310 g/mol. The minimum absolute atomic E-state index is 0.0441. The van der Waals surface area contributed by atoms with Gasteiger partial charge in [0.15, 0.2) is 0 Å². The quantitative estimate of drug-likeness (QED) is 0.707. The van der Waals surface area contributed by atoms with E-state index in [1.807, 2.05) is 31.2 Å². The van der Waals surface area contributed by atoms with Crippen molar-refractivity contribution >= 4 is 29.3 Å². The van der Waals surface area contributed by atoms with Gasteiger partial charge < -0.3 is 14.7 Å². The summed E-state index contributed by atoms with van der Waals surface area (Å²) in [5.41, 5.74) is 0. The zero-order chi connectivity index (χ0) is 15.7. The smallest absolute Gasteiger partial charge is 0.251 e. The molecule has 0 radical (unpaired) electrons. The first-order valence-electron chi connectivity index (χ1n) is 6.93. The number of carbonyl (C=O) groups is 1. The van der Waals surface area contributed by atoms with Crippen LogP contribution in [-0.2, 0) is 9.53 Å². The van der Waals surface area contributed by atoms with E-state index in [0.717, 1.165) is 10.6 Å². The van der Waals surface area contributed by atoms with Crippen LogP contribution in [0.5, 0.6) is 0 Å². The minimum Gasteiger partial charge on any atom is -0.395 e. The van der Waals surface area contributed by atoms with Gasteiger partial charge in [-0.05, 0) is 30.7 Å². The lowest BCUT2D eigenvalue weighted by atomic mass is 10.2. The number of thioether (sulfide) groups is 1. The summed E-state index contributed by atoms with van der Waals surface area (Å²) in [6.07, 6.45) is 0.193. The molecule has 0 spiro atoms. The lowest BCUT2D eigenvalue weighted by molar-refractivity contribution is -0.142. The number of aliphatic hydroxyl groups excluding tert-OH is 1. The molecule has 1 N–H and O–H groups in total. The van der Waals surface area contributed by atoms with Crippen LogP contribution in [0.25, 0.3) is 0 Å². The van der Waals surface area contributed by atoms with Gasteiger partial charge in [0.25, 0.3) is 5.91 Å². The van der Waals surface area contributed by atoms with Gasteiger partial charge in [0.1, 0.15) is 6.10 Å². The maximum absolute atomic E-state index is 12.2. The molecule has 0 saturated heterocycles. The topological polar surface area (TPSA) is 49.8 Å². The maximum atomic E-state index is 12.2. The number of carbonyl (C=O) groups excluding carboxylic acids is 1. The Morgan fingerprint density at radius 1 is 1.38 bits per heavy atom. The molecule has 1 amide bonds. The summed E-state index contributed by atoms with van der Waals surface area (Å²) >= 11 is 7.49. The fraction of sp³-hybridized carbons (Fsp3) is 0.533. The summed E-state index contributed by atoms with van der Waals surface area (Å²) in [6, 6.07) is 7.60. The average Bonchev–Trinajstić information content (AvgIpc) is 2.49. The third-order valence-electron chi connectivity index (χ3n) is 3.06. The summed E-state index contributed by atoms with van der Waals surface area (Å²) in [7, 11) is 1.53. The molecule has 0 aromatic heterocycles. The van der Waals surface area contributed by atoms with Crippen LogP contribution in [0.1, 0.15) is 13.3 Å². The Balaban J connectivity index is 2.50. The van der Waals surface area contributed by atoms with Crippen molar-refractivity contribution in [2.24, 2.45) is 0 Å². The Kier molecular flexibility index (Phi) is 8.76. The molecule has 4 nitrogen and oxygen atoms in total. The molecule has 21 heavy (non-hydrogen) atoms. The molecule has 118 valence electrons. The van der Waals surface area contributed by atoms with Crippen molar-refractivity contribution in [1.82, 2.24) is 4.90 Å². The number of ether oxygens (including phenoxy) is 1. The van der Waals surface area contributed by atoms with Gasteiger partial charge in [0.2, 0.25) is 0 Å². The van der Waals surface area contributed by atoms with Crippen molar-refractivity contribution in [1.29, 1.82) is 0 Å². The number of halogens is 1. The Hall–Kier alpha value is -0.750. The monoisotopic (exact) mass is 331 g/mol. The van der Waals surface area contributed by atoms with Gasteiger partial charge in [-0.1, -0.05) is 18.5 Å². The minimum atomic E-state index is -0.433. The van der Waals surface area contributed by atoms with Crippen LogP contribution in [0.2, 0.25) is 5.02 Å². The van der Waals surface area contributed by atoms with Crippen molar-refractivity contribution in [3.8, 4) is 0 Å². The third kappa shape index (κ3) is 6.26. The summed E-state index contributed by atoms with van der Waals surface area (Å²) < 4.78 is 5.17. The molecule has 6 heteroatoms. The van der Waals surface area contributed by atoms with Crippen molar-refractivity contribution in [3.63, 3.8) is 0 Å². The largest absolute Gasteiger partial charge is 0.395 e. The first-order valence-corrected chi connectivity index (χ1v) is 8.29. The summed E-state index contributed by atoms with van der Waals surface area (Å²) in [4.78, 5) is 15.0. The van der Waals surface area contributed by atoms with E-state index in [-0.39, 0.29) is 12.5 Å². The first-order chi connectivity index (χ1) is 10.1. The van der Waals surface area contributed by atoms with Crippen LogP contribution in [0.3, 0.4) is 0 Å². The van der Waals surface area contributed by atoms with Gasteiger partial charge in [-0.15, -0.1) is 11.8 Å². The molecule has 0 fully saturated rings. The summed E-state index contributed by atoms with van der Waals surface area (Å²) in [5.74, 6) is 0.693. The molecule has 0 heterocycles. The molecule has 0 bridgehead atoms. The number of hydrogen-bond donors (Lipinski definition) is 1. The lowest BCUT2D eigenvalue weighted by Crippen LogP contribution is -2.42. The highest BCUT2D eigenvalue weighted by Crippen LogP contribution is 2.20. The van der Waals surface area contributed by atoms with Crippen LogP contribution in [0, 0.1) is 0 Å². The zero-order valence-corrected chi connectivity index (χ0v) is 14.0. The number of benzene rings is 1. The van der Waals surface area contributed by atoms with Crippen molar-refractivity contribution < 1.29 is 14.6 Å². The lowest BCUT2D eigenvalue weighted by Gasteiger charge is -2.25. The molecule has 1 atom stereocenters. The summed E-state index contributed by atoms with van der Waals surface area (Å²) in [5, 5.41) is 9.81.